The molecule has 0 aliphatic rings. The Kier molecular flexibility index (Phi) is 5.61. The lowest BCUT2D eigenvalue weighted by Crippen LogP contribution is -2.01. The number of nitro groups is 1. The molecule has 110 valence electrons. The van der Waals surface area contributed by atoms with E-state index in [-0.39, 0.29) is 12.3 Å². The SMILES string of the molecule is O=[N+]([O-])c1ccccc1COc1c(Br)cc(CCl)cc1Br. The van der Waals surface area contributed by atoms with E-state index < -0.39 is 4.92 Å². The van der Waals surface area contributed by atoms with Gasteiger partial charge in [0.25, 0.3) is 5.69 Å². The summed E-state index contributed by atoms with van der Waals surface area (Å²) in [6.45, 7) is 0.106. The van der Waals surface area contributed by atoms with E-state index in [0.29, 0.717) is 17.2 Å². The molecule has 2 aromatic carbocycles. The van der Waals surface area contributed by atoms with Crippen LogP contribution in [0, 0.1) is 10.1 Å². The Balaban J connectivity index is 2.23. The first-order valence-corrected chi connectivity index (χ1v) is 8.04. The smallest absolute Gasteiger partial charge is 0.276 e. The molecule has 0 heterocycles. The maximum Gasteiger partial charge on any atom is 0.276 e. The minimum absolute atomic E-state index is 0.0436. The van der Waals surface area contributed by atoms with Crippen LogP contribution in [0.4, 0.5) is 5.69 Å². The lowest BCUT2D eigenvalue weighted by atomic mass is 10.2. The van der Waals surface area contributed by atoms with Crippen LogP contribution in [0.2, 0.25) is 0 Å². The van der Waals surface area contributed by atoms with Gasteiger partial charge in [0.2, 0.25) is 0 Å². The van der Waals surface area contributed by atoms with Crippen LogP contribution in [-0.4, -0.2) is 4.92 Å². The molecule has 0 atom stereocenters. The van der Waals surface area contributed by atoms with Gasteiger partial charge in [-0.2, -0.15) is 0 Å². The number of benzene rings is 2. The molecule has 21 heavy (non-hydrogen) atoms. The third-order valence-electron chi connectivity index (χ3n) is 2.77. The summed E-state index contributed by atoms with van der Waals surface area (Å²) in [6, 6.07) is 10.2. The summed E-state index contributed by atoms with van der Waals surface area (Å²) in [5, 5.41) is 11.0. The quantitative estimate of drug-likeness (QED) is 0.357. The maximum absolute atomic E-state index is 11.0. The molecule has 0 aliphatic heterocycles. The first kappa shape index (κ1) is 16.3. The predicted octanol–water partition coefficient (Wildman–Crippen LogP) is 5.44. The summed E-state index contributed by atoms with van der Waals surface area (Å²) in [5.74, 6) is 0.976. The van der Waals surface area contributed by atoms with E-state index in [2.05, 4.69) is 31.9 Å². The van der Waals surface area contributed by atoms with Crippen molar-refractivity contribution < 1.29 is 9.66 Å². The molecule has 2 aromatic rings. The van der Waals surface area contributed by atoms with Crippen molar-refractivity contribution in [2.24, 2.45) is 0 Å². The zero-order valence-corrected chi connectivity index (χ0v) is 14.6. The van der Waals surface area contributed by atoms with Crippen molar-refractivity contribution in [3.05, 3.63) is 66.6 Å². The lowest BCUT2D eigenvalue weighted by molar-refractivity contribution is -0.385. The maximum atomic E-state index is 11.0. The Bertz CT molecular complexity index is 656. The Morgan fingerprint density at radius 3 is 2.38 bits per heavy atom. The number of halogens is 3. The van der Waals surface area contributed by atoms with Crippen molar-refractivity contribution in [2.75, 3.05) is 0 Å². The Morgan fingerprint density at radius 2 is 1.81 bits per heavy atom. The minimum atomic E-state index is -0.417. The number of alkyl halides is 1. The molecule has 4 nitrogen and oxygen atoms in total. The van der Waals surface area contributed by atoms with E-state index in [4.69, 9.17) is 16.3 Å². The van der Waals surface area contributed by atoms with Crippen LogP contribution in [0.1, 0.15) is 11.1 Å². The summed E-state index contributed by atoms with van der Waals surface area (Å²) in [7, 11) is 0. The van der Waals surface area contributed by atoms with Crippen LogP contribution in [0.5, 0.6) is 5.75 Å². The second-order valence-corrected chi connectivity index (χ2v) is 6.17. The fourth-order valence-electron chi connectivity index (χ4n) is 1.79. The van der Waals surface area contributed by atoms with Gasteiger partial charge in [-0.05, 0) is 55.6 Å². The summed E-state index contributed by atoms with van der Waals surface area (Å²) in [6.07, 6.45) is 0. The fourth-order valence-corrected chi connectivity index (χ4v) is 3.45. The molecule has 0 saturated heterocycles. The first-order valence-electron chi connectivity index (χ1n) is 5.92. The summed E-state index contributed by atoms with van der Waals surface area (Å²) in [4.78, 5) is 10.6. The van der Waals surface area contributed by atoms with E-state index in [1.807, 2.05) is 12.1 Å². The van der Waals surface area contributed by atoms with Crippen LogP contribution in [0.3, 0.4) is 0 Å². The Hall–Kier alpha value is -1.11. The number of nitro benzene ring substituents is 1. The molecule has 0 radical (unpaired) electrons. The Labute approximate surface area is 143 Å². The van der Waals surface area contributed by atoms with E-state index in [1.165, 1.54) is 6.07 Å². The molecule has 0 saturated carbocycles. The zero-order valence-electron chi connectivity index (χ0n) is 10.7. The van der Waals surface area contributed by atoms with Crippen LogP contribution in [0.25, 0.3) is 0 Å². The molecular weight excluding hydrogens is 425 g/mol. The van der Waals surface area contributed by atoms with E-state index >= 15 is 0 Å². The number of nitrogens with zero attached hydrogens (tertiary/aromatic N) is 1. The van der Waals surface area contributed by atoms with Gasteiger partial charge in [0.05, 0.1) is 19.4 Å². The largest absolute Gasteiger partial charge is 0.486 e. The molecule has 0 amide bonds. The molecule has 0 N–H and O–H groups in total. The zero-order chi connectivity index (χ0) is 15.4. The fraction of sp³-hybridized carbons (Fsp3) is 0.143. The molecule has 0 aromatic heterocycles. The highest BCUT2D eigenvalue weighted by Gasteiger charge is 2.15. The molecule has 0 aliphatic carbocycles. The predicted molar refractivity (Wildman–Crippen MR) is 88.8 cm³/mol. The molecule has 2 rings (SSSR count). The normalized spacial score (nSPS) is 10.4. The van der Waals surface area contributed by atoms with Crippen molar-refractivity contribution in [3.63, 3.8) is 0 Å². The molecule has 7 heteroatoms. The van der Waals surface area contributed by atoms with Gasteiger partial charge in [0.1, 0.15) is 12.4 Å². The molecule has 0 spiro atoms. The Morgan fingerprint density at radius 1 is 1.19 bits per heavy atom. The van der Waals surface area contributed by atoms with Crippen molar-refractivity contribution in [1.29, 1.82) is 0 Å². The minimum Gasteiger partial charge on any atom is -0.486 e. The van der Waals surface area contributed by atoms with Gasteiger partial charge in [-0.25, -0.2) is 0 Å². The summed E-state index contributed by atoms with van der Waals surface area (Å²) >= 11 is 12.6. The monoisotopic (exact) mass is 433 g/mol. The van der Waals surface area contributed by atoms with Crippen LogP contribution in [-0.2, 0) is 12.5 Å². The highest BCUT2D eigenvalue weighted by Crippen LogP contribution is 2.36. The van der Waals surface area contributed by atoms with Crippen LogP contribution >= 0.6 is 43.5 Å². The van der Waals surface area contributed by atoms with Gasteiger partial charge in [0, 0.05) is 11.9 Å². The van der Waals surface area contributed by atoms with Crippen molar-refractivity contribution in [1.82, 2.24) is 0 Å². The summed E-state index contributed by atoms with van der Waals surface area (Å²) in [5.41, 5.74) is 1.50. The van der Waals surface area contributed by atoms with Crippen molar-refractivity contribution in [3.8, 4) is 5.75 Å². The number of rotatable bonds is 5. The van der Waals surface area contributed by atoms with E-state index in [1.54, 1.807) is 18.2 Å². The molecule has 0 bridgehead atoms. The number of para-hydroxylation sites is 1. The second-order valence-electron chi connectivity index (χ2n) is 4.20. The van der Waals surface area contributed by atoms with Gasteiger partial charge in [0.15, 0.2) is 0 Å². The number of hydrogen-bond donors (Lipinski definition) is 0. The number of ether oxygens (including phenoxy) is 1. The highest BCUT2D eigenvalue weighted by molar-refractivity contribution is 9.11. The average Bonchev–Trinajstić information content (AvgIpc) is 2.46. The van der Waals surface area contributed by atoms with Crippen molar-refractivity contribution in [2.45, 2.75) is 12.5 Å². The van der Waals surface area contributed by atoms with E-state index in [9.17, 15) is 10.1 Å². The topological polar surface area (TPSA) is 52.4 Å². The molecular formula is C14H10Br2ClNO3. The van der Waals surface area contributed by atoms with Crippen LogP contribution in [0.15, 0.2) is 45.3 Å². The van der Waals surface area contributed by atoms with Gasteiger partial charge < -0.3 is 4.74 Å². The highest BCUT2D eigenvalue weighted by atomic mass is 79.9. The second kappa shape index (κ2) is 7.24. The number of hydrogen-bond acceptors (Lipinski definition) is 3. The molecule has 0 unspecified atom stereocenters. The van der Waals surface area contributed by atoms with Gasteiger partial charge in [-0.1, -0.05) is 12.1 Å². The van der Waals surface area contributed by atoms with Gasteiger partial charge in [-0.3, -0.25) is 10.1 Å². The lowest BCUT2D eigenvalue weighted by Gasteiger charge is -2.12. The third kappa shape index (κ3) is 3.96. The van der Waals surface area contributed by atoms with Gasteiger partial charge in [-0.15, -0.1) is 11.6 Å². The standard InChI is InChI=1S/C14H10Br2ClNO3/c15-11-5-9(7-17)6-12(16)14(11)21-8-10-3-1-2-4-13(10)18(19)20/h1-6H,7-8H2. The van der Waals surface area contributed by atoms with Crippen molar-refractivity contribution >= 4 is 49.1 Å². The van der Waals surface area contributed by atoms with Gasteiger partial charge >= 0.3 is 0 Å². The summed E-state index contributed by atoms with van der Waals surface area (Å²) < 4.78 is 7.19. The van der Waals surface area contributed by atoms with Crippen LogP contribution < -0.4 is 4.74 Å². The first-order chi connectivity index (χ1) is 10.0. The molecule has 0 fully saturated rings. The average molecular weight is 435 g/mol. The third-order valence-corrected chi connectivity index (χ3v) is 4.26. The van der Waals surface area contributed by atoms with E-state index in [0.717, 1.165) is 14.5 Å².